The van der Waals surface area contributed by atoms with Gasteiger partial charge in [-0.15, -0.1) is 0 Å². The minimum absolute atomic E-state index is 0.0315. The molecule has 2 atom stereocenters. The number of para-hydroxylation sites is 1. The summed E-state index contributed by atoms with van der Waals surface area (Å²) in [6, 6.07) is 8.52. The van der Waals surface area contributed by atoms with Gasteiger partial charge in [-0.25, -0.2) is 4.79 Å². The van der Waals surface area contributed by atoms with Crippen molar-refractivity contribution >= 4 is 16.9 Å². The normalized spacial score (nSPS) is 29.1. The lowest BCUT2D eigenvalue weighted by molar-refractivity contribution is 0.0207. The van der Waals surface area contributed by atoms with E-state index < -0.39 is 5.97 Å². The Kier molecular flexibility index (Phi) is 2.67. The molecule has 3 heterocycles. The zero-order valence-electron chi connectivity index (χ0n) is 12.2. The lowest BCUT2D eigenvalue weighted by atomic mass is 9.97. The fourth-order valence-electron chi connectivity index (χ4n) is 4.47. The maximum absolute atomic E-state index is 11.6. The molecule has 2 aliphatic heterocycles. The zero-order valence-corrected chi connectivity index (χ0v) is 12.2. The summed E-state index contributed by atoms with van der Waals surface area (Å²) in [4.78, 5) is 14.0. The van der Waals surface area contributed by atoms with Gasteiger partial charge in [0.1, 0.15) is 0 Å². The van der Waals surface area contributed by atoms with Gasteiger partial charge in [0.25, 0.3) is 0 Å². The number of carboxylic acids is 1. The lowest BCUT2D eigenvalue weighted by Gasteiger charge is -2.44. The Labute approximate surface area is 124 Å². The molecule has 21 heavy (non-hydrogen) atoms. The highest BCUT2D eigenvalue weighted by molar-refractivity contribution is 6.03. The monoisotopic (exact) mass is 284 g/mol. The molecule has 2 aromatic rings. The van der Waals surface area contributed by atoms with Crippen LogP contribution in [0.4, 0.5) is 0 Å². The minimum Gasteiger partial charge on any atom is -0.478 e. The average Bonchev–Trinajstić information content (AvgIpc) is 2.92. The number of piperidine rings is 1. The van der Waals surface area contributed by atoms with E-state index in [0.717, 1.165) is 23.7 Å². The first-order chi connectivity index (χ1) is 10.1. The van der Waals surface area contributed by atoms with Crippen molar-refractivity contribution in [3.05, 3.63) is 36.0 Å². The summed E-state index contributed by atoms with van der Waals surface area (Å²) in [6.07, 6.45) is 7.79. The third-order valence-electron chi connectivity index (χ3n) is 5.59. The summed E-state index contributed by atoms with van der Waals surface area (Å²) < 4.78 is 2.24. The molecule has 4 nitrogen and oxygen atoms in total. The van der Waals surface area contributed by atoms with Crippen LogP contribution >= 0.6 is 0 Å². The van der Waals surface area contributed by atoms with Crippen LogP contribution in [0.25, 0.3) is 10.9 Å². The summed E-state index contributed by atoms with van der Waals surface area (Å²) in [5, 5.41) is 10.3. The van der Waals surface area contributed by atoms with E-state index in [2.05, 4.69) is 16.5 Å². The van der Waals surface area contributed by atoms with Crippen molar-refractivity contribution < 1.29 is 9.90 Å². The van der Waals surface area contributed by atoms with Crippen molar-refractivity contribution in [1.29, 1.82) is 0 Å². The van der Waals surface area contributed by atoms with Crippen LogP contribution in [-0.4, -0.2) is 33.6 Å². The molecule has 2 bridgehead atoms. The standard InChI is InChI=1S/C17H20N2O2/c1-18-12-5-4-9-17(18,10-8-12)19-11-14(16(20)21)13-6-2-3-7-15(13)19/h2-3,6-7,11-12H,4-5,8-10H2,1H3,(H,20,21)/t12-,17-/m1/s1. The van der Waals surface area contributed by atoms with Gasteiger partial charge < -0.3 is 9.67 Å². The fourth-order valence-corrected chi connectivity index (χ4v) is 4.47. The molecule has 0 spiro atoms. The first kappa shape index (κ1) is 12.9. The Morgan fingerprint density at radius 2 is 2.10 bits per heavy atom. The van der Waals surface area contributed by atoms with E-state index in [0.29, 0.717) is 11.6 Å². The number of rotatable bonds is 2. The molecule has 2 aliphatic rings. The predicted octanol–water partition coefficient (Wildman–Crippen LogP) is 3.27. The number of aromatic carboxylic acids is 1. The van der Waals surface area contributed by atoms with Crippen LogP contribution in [0.5, 0.6) is 0 Å². The van der Waals surface area contributed by atoms with Crippen molar-refractivity contribution in [3.63, 3.8) is 0 Å². The molecular weight excluding hydrogens is 264 g/mol. The molecule has 1 aromatic carbocycles. The molecule has 110 valence electrons. The highest BCUT2D eigenvalue weighted by Crippen LogP contribution is 2.48. The SMILES string of the molecule is CN1[C@@H]2CCC[C@@]1(n1cc(C(=O)O)c3ccccc31)CC2. The fraction of sp³-hybridized carbons (Fsp3) is 0.471. The molecule has 1 N–H and O–H groups in total. The van der Waals surface area contributed by atoms with Gasteiger partial charge in [0.05, 0.1) is 16.7 Å². The maximum atomic E-state index is 11.6. The van der Waals surface area contributed by atoms with Gasteiger partial charge in [0.2, 0.25) is 0 Å². The molecule has 0 radical (unpaired) electrons. The summed E-state index contributed by atoms with van der Waals surface area (Å²) in [5.74, 6) is -0.839. The van der Waals surface area contributed by atoms with Crippen LogP contribution in [0.3, 0.4) is 0 Å². The van der Waals surface area contributed by atoms with Crippen molar-refractivity contribution in [1.82, 2.24) is 9.47 Å². The molecule has 2 fully saturated rings. The average molecular weight is 284 g/mol. The highest BCUT2D eigenvalue weighted by Gasteiger charge is 2.48. The summed E-state index contributed by atoms with van der Waals surface area (Å²) in [6.45, 7) is 0. The van der Waals surface area contributed by atoms with E-state index in [-0.39, 0.29) is 5.66 Å². The van der Waals surface area contributed by atoms with E-state index in [1.807, 2.05) is 30.5 Å². The van der Waals surface area contributed by atoms with E-state index in [9.17, 15) is 9.90 Å². The Morgan fingerprint density at radius 3 is 2.90 bits per heavy atom. The van der Waals surface area contributed by atoms with Crippen molar-refractivity contribution in [3.8, 4) is 0 Å². The first-order valence-corrected chi connectivity index (χ1v) is 7.70. The Morgan fingerprint density at radius 1 is 1.29 bits per heavy atom. The van der Waals surface area contributed by atoms with Gasteiger partial charge in [-0.3, -0.25) is 4.90 Å². The number of carboxylic acid groups (broad SMARTS) is 1. The molecule has 1 aromatic heterocycles. The number of aromatic nitrogens is 1. The quantitative estimate of drug-likeness (QED) is 0.920. The van der Waals surface area contributed by atoms with Crippen LogP contribution < -0.4 is 0 Å². The van der Waals surface area contributed by atoms with Crippen LogP contribution in [0.15, 0.2) is 30.5 Å². The van der Waals surface area contributed by atoms with Gasteiger partial charge in [-0.05, 0) is 45.2 Å². The number of hydrogen-bond acceptors (Lipinski definition) is 2. The molecule has 0 amide bonds. The first-order valence-electron chi connectivity index (χ1n) is 7.70. The zero-order chi connectivity index (χ0) is 14.6. The van der Waals surface area contributed by atoms with Crippen LogP contribution in [0, 0.1) is 0 Å². The number of fused-ring (bicyclic) bond motifs is 3. The largest absolute Gasteiger partial charge is 0.478 e. The van der Waals surface area contributed by atoms with Gasteiger partial charge in [0.15, 0.2) is 0 Å². The van der Waals surface area contributed by atoms with Gasteiger partial charge in [0, 0.05) is 17.6 Å². The third kappa shape index (κ3) is 1.62. The smallest absolute Gasteiger partial charge is 0.337 e. The number of nitrogens with zero attached hydrogens (tertiary/aromatic N) is 2. The van der Waals surface area contributed by atoms with E-state index in [1.165, 1.54) is 19.3 Å². The molecule has 2 saturated heterocycles. The molecule has 0 aliphatic carbocycles. The van der Waals surface area contributed by atoms with Crippen LogP contribution in [0.2, 0.25) is 0 Å². The second-order valence-corrected chi connectivity index (χ2v) is 6.41. The number of carbonyl (C=O) groups is 1. The van der Waals surface area contributed by atoms with E-state index in [4.69, 9.17) is 0 Å². The van der Waals surface area contributed by atoms with Crippen LogP contribution in [-0.2, 0) is 5.66 Å². The van der Waals surface area contributed by atoms with Crippen molar-refractivity contribution in [2.24, 2.45) is 0 Å². The number of benzene rings is 1. The molecule has 0 saturated carbocycles. The number of hydrogen-bond donors (Lipinski definition) is 1. The van der Waals surface area contributed by atoms with E-state index >= 15 is 0 Å². The van der Waals surface area contributed by atoms with Gasteiger partial charge >= 0.3 is 5.97 Å². The van der Waals surface area contributed by atoms with Crippen molar-refractivity contribution in [2.45, 2.75) is 43.8 Å². The summed E-state index contributed by atoms with van der Waals surface area (Å²) >= 11 is 0. The van der Waals surface area contributed by atoms with Crippen LogP contribution in [0.1, 0.15) is 42.5 Å². The Bertz CT molecular complexity index is 717. The molecule has 0 unspecified atom stereocenters. The minimum atomic E-state index is -0.839. The Balaban J connectivity index is 1.97. The lowest BCUT2D eigenvalue weighted by Crippen LogP contribution is -2.49. The predicted molar refractivity (Wildman–Crippen MR) is 81.5 cm³/mol. The van der Waals surface area contributed by atoms with Gasteiger partial charge in [-0.2, -0.15) is 0 Å². The summed E-state index contributed by atoms with van der Waals surface area (Å²) in [5.41, 5.74) is 1.43. The molecular formula is C17H20N2O2. The summed E-state index contributed by atoms with van der Waals surface area (Å²) in [7, 11) is 2.20. The molecule has 4 rings (SSSR count). The highest BCUT2D eigenvalue weighted by atomic mass is 16.4. The maximum Gasteiger partial charge on any atom is 0.337 e. The molecule has 4 heteroatoms. The van der Waals surface area contributed by atoms with E-state index in [1.54, 1.807) is 0 Å². The topological polar surface area (TPSA) is 45.5 Å². The van der Waals surface area contributed by atoms with Crippen molar-refractivity contribution in [2.75, 3.05) is 7.05 Å². The second kappa shape index (κ2) is 4.34. The Hall–Kier alpha value is -1.81. The third-order valence-corrected chi connectivity index (χ3v) is 5.59. The van der Waals surface area contributed by atoms with Gasteiger partial charge in [-0.1, -0.05) is 18.2 Å². The second-order valence-electron chi connectivity index (χ2n) is 6.41.